The molecule has 2 atom stereocenters. The SMILES string of the molecule is Cc1ccc(NC(=O)c2cccc(C(F)(F)F)c2)cc1C1CNC(=O)C(N2CCOCC2)N1. The normalized spacial score (nSPS) is 22.0. The van der Waals surface area contributed by atoms with E-state index >= 15 is 0 Å². The molecule has 0 bridgehead atoms. The van der Waals surface area contributed by atoms with Crippen LogP contribution in [0.3, 0.4) is 0 Å². The van der Waals surface area contributed by atoms with Gasteiger partial charge in [0.1, 0.15) is 6.17 Å². The molecule has 4 rings (SSSR count). The van der Waals surface area contributed by atoms with Crippen molar-refractivity contribution in [3.63, 3.8) is 0 Å². The second-order valence-corrected chi connectivity index (χ2v) is 8.12. The molecule has 2 saturated heterocycles. The van der Waals surface area contributed by atoms with Crippen molar-refractivity contribution < 1.29 is 27.5 Å². The molecule has 2 unspecified atom stereocenters. The molecule has 0 aliphatic carbocycles. The summed E-state index contributed by atoms with van der Waals surface area (Å²) in [5, 5.41) is 9.00. The molecular weight excluding hydrogens is 437 g/mol. The number of carbonyl (C=O) groups excluding carboxylic acids is 2. The number of rotatable bonds is 4. The van der Waals surface area contributed by atoms with Crippen LogP contribution < -0.4 is 16.0 Å². The van der Waals surface area contributed by atoms with Crippen LogP contribution >= 0.6 is 0 Å². The number of halogens is 3. The maximum absolute atomic E-state index is 13.0. The molecule has 2 aliphatic heterocycles. The van der Waals surface area contributed by atoms with Crippen LogP contribution in [0.1, 0.15) is 33.1 Å². The van der Waals surface area contributed by atoms with Crippen molar-refractivity contribution in [3.8, 4) is 0 Å². The lowest BCUT2D eigenvalue weighted by Gasteiger charge is -2.39. The summed E-state index contributed by atoms with van der Waals surface area (Å²) in [5.74, 6) is -0.730. The third-order valence-electron chi connectivity index (χ3n) is 5.86. The topological polar surface area (TPSA) is 82.7 Å². The number of hydrogen-bond acceptors (Lipinski definition) is 5. The predicted octanol–water partition coefficient (Wildman–Crippen LogP) is 2.68. The van der Waals surface area contributed by atoms with E-state index in [-0.39, 0.29) is 17.5 Å². The van der Waals surface area contributed by atoms with Crippen LogP contribution in [-0.2, 0) is 15.7 Å². The van der Waals surface area contributed by atoms with Gasteiger partial charge in [0.2, 0.25) is 0 Å². The summed E-state index contributed by atoms with van der Waals surface area (Å²) in [7, 11) is 0. The summed E-state index contributed by atoms with van der Waals surface area (Å²) in [6.45, 7) is 4.72. The van der Waals surface area contributed by atoms with Crippen LogP contribution in [0.25, 0.3) is 0 Å². The summed E-state index contributed by atoms with van der Waals surface area (Å²) >= 11 is 0. The van der Waals surface area contributed by atoms with Gasteiger partial charge < -0.3 is 15.4 Å². The smallest absolute Gasteiger partial charge is 0.379 e. The average molecular weight is 462 g/mol. The number of hydrogen-bond donors (Lipinski definition) is 3. The minimum atomic E-state index is -4.53. The van der Waals surface area contributed by atoms with E-state index in [1.165, 1.54) is 12.1 Å². The molecule has 3 N–H and O–H groups in total. The molecule has 176 valence electrons. The van der Waals surface area contributed by atoms with Gasteiger partial charge in [0.15, 0.2) is 0 Å². The Morgan fingerprint density at radius 3 is 2.64 bits per heavy atom. The highest BCUT2D eigenvalue weighted by Gasteiger charge is 2.34. The summed E-state index contributed by atoms with van der Waals surface area (Å²) in [5.41, 5.74) is 1.34. The number of anilines is 1. The van der Waals surface area contributed by atoms with Crippen molar-refractivity contribution in [2.45, 2.75) is 25.3 Å². The van der Waals surface area contributed by atoms with E-state index in [4.69, 9.17) is 4.74 Å². The Labute approximate surface area is 189 Å². The average Bonchev–Trinajstić information content (AvgIpc) is 2.81. The van der Waals surface area contributed by atoms with Gasteiger partial charge in [-0.2, -0.15) is 13.2 Å². The zero-order chi connectivity index (χ0) is 23.6. The third-order valence-corrected chi connectivity index (χ3v) is 5.86. The quantitative estimate of drug-likeness (QED) is 0.651. The number of carbonyl (C=O) groups is 2. The summed E-state index contributed by atoms with van der Waals surface area (Å²) in [4.78, 5) is 27.1. The lowest BCUT2D eigenvalue weighted by atomic mass is 9.98. The lowest BCUT2D eigenvalue weighted by Crippen LogP contribution is -2.63. The molecule has 2 fully saturated rings. The first-order valence-corrected chi connectivity index (χ1v) is 10.7. The Balaban J connectivity index is 1.51. The fourth-order valence-corrected chi connectivity index (χ4v) is 4.06. The third kappa shape index (κ3) is 5.35. The number of amides is 2. The zero-order valence-corrected chi connectivity index (χ0v) is 18.0. The van der Waals surface area contributed by atoms with Gasteiger partial charge in [-0.1, -0.05) is 12.1 Å². The van der Waals surface area contributed by atoms with E-state index in [9.17, 15) is 22.8 Å². The maximum Gasteiger partial charge on any atom is 0.416 e. The Kier molecular flexibility index (Phi) is 6.68. The van der Waals surface area contributed by atoms with Gasteiger partial charge >= 0.3 is 6.18 Å². The molecular formula is C23H25F3N4O3. The van der Waals surface area contributed by atoms with E-state index in [1.807, 2.05) is 17.9 Å². The number of morpholine rings is 1. The number of aryl methyl sites for hydroxylation is 1. The van der Waals surface area contributed by atoms with Gasteiger partial charge in [0, 0.05) is 30.9 Å². The first-order chi connectivity index (χ1) is 15.7. The van der Waals surface area contributed by atoms with Crippen LogP contribution in [0.5, 0.6) is 0 Å². The number of benzene rings is 2. The Morgan fingerprint density at radius 2 is 1.91 bits per heavy atom. The van der Waals surface area contributed by atoms with Crippen LogP contribution in [-0.4, -0.2) is 55.7 Å². The first-order valence-electron chi connectivity index (χ1n) is 10.7. The lowest BCUT2D eigenvalue weighted by molar-refractivity contribution is -0.137. The molecule has 2 heterocycles. The molecule has 2 aliphatic rings. The van der Waals surface area contributed by atoms with E-state index in [0.29, 0.717) is 38.5 Å². The summed E-state index contributed by atoms with van der Waals surface area (Å²) in [6.07, 6.45) is -5.02. The zero-order valence-electron chi connectivity index (χ0n) is 18.0. The van der Waals surface area contributed by atoms with E-state index in [2.05, 4.69) is 16.0 Å². The predicted molar refractivity (Wildman–Crippen MR) is 116 cm³/mol. The molecule has 0 saturated carbocycles. The van der Waals surface area contributed by atoms with Crippen molar-refractivity contribution in [1.29, 1.82) is 0 Å². The van der Waals surface area contributed by atoms with Gasteiger partial charge in [0.05, 0.1) is 24.8 Å². The molecule has 33 heavy (non-hydrogen) atoms. The van der Waals surface area contributed by atoms with Gasteiger partial charge in [0.25, 0.3) is 11.8 Å². The second-order valence-electron chi connectivity index (χ2n) is 8.12. The van der Waals surface area contributed by atoms with Gasteiger partial charge in [-0.15, -0.1) is 0 Å². The number of alkyl halides is 3. The van der Waals surface area contributed by atoms with Crippen LogP contribution in [0.15, 0.2) is 42.5 Å². The minimum Gasteiger partial charge on any atom is -0.379 e. The minimum absolute atomic E-state index is 0.0811. The molecule has 2 aromatic rings. The fraction of sp³-hybridized carbons (Fsp3) is 0.391. The molecule has 0 aromatic heterocycles. The Bertz CT molecular complexity index is 1040. The molecule has 2 amide bonds. The standard InChI is InChI=1S/C23H25F3N4O3/c1-14-5-6-17(28-21(31)15-3-2-4-16(11-15)23(24,25)26)12-18(14)19-13-27-22(32)20(29-19)30-7-9-33-10-8-30/h2-6,11-12,19-20,29H,7-10,13H2,1H3,(H,27,32)(H,28,31). The number of nitrogens with one attached hydrogen (secondary N) is 3. The van der Waals surface area contributed by atoms with Crippen LogP contribution in [0, 0.1) is 6.92 Å². The van der Waals surface area contributed by atoms with Crippen molar-refractivity contribution in [2.75, 3.05) is 38.2 Å². The monoisotopic (exact) mass is 462 g/mol. The summed E-state index contributed by atoms with van der Waals surface area (Å²) in [6, 6.07) is 9.42. The van der Waals surface area contributed by atoms with Crippen molar-refractivity contribution >= 4 is 17.5 Å². The summed E-state index contributed by atoms with van der Waals surface area (Å²) < 4.78 is 44.3. The highest BCUT2D eigenvalue weighted by molar-refractivity contribution is 6.04. The van der Waals surface area contributed by atoms with Crippen LogP contribution in [0.4, 0.5) is 18.9 Å². The molecule has 10 heteroatoms. The Morgan fingerprint density at radius 1 is 1.15 bits per heavy atom. The van der Waals surface area contributed by atoms with E-state index in [0.717, 1.165) is 23.3 Å². The number of piperazine rings is 1. The van der Waals surface area contributed by atoms with Gasteiger partial charge in [-0.05, 0) is 48.4 Å². The molecule has 2 aromatic carbocycles. The largest absolute Gasteiger partial charge is 0.416 e. The Hall–Kier alpha value is -2.95. The first kappa shape index (κ1) is 23.2. The van der Waals surface area contributed by atoms with Gasteiger partial charge in [-0.25, -0.2) is 0 Å². The number of ether oxygens (including phenoxy) is 1. The van der Waals surface area contributed by atoms with Crippen molar-refractivity contribution in [3.05, 3.63) is 64.7 Å². The highest BCUT2D eigenvalue weighted by Crippen LogP contribution is 2.30. The second kappa shape index (κ2) is 9.50. The van der Waals surface area contributed by atoms with Crippen molar-refractivity contribution in [1.82, 2.24) is 15.5 Å². The van der Waals surface area contributed by atoms with Crippen LogP contribution in [0.2, 0.25) is 0 Å². The van der Waals surface area contributed by atoms with E-state index in [1.54, 1.807) is 12.1 Å². The van der Waals surface area contributed by atoms with Gasteiger partial charge in [-0.3, -0.25) is 19.8 Å². The van der Waals surface area contributed by atoms with Crippen molar-refractivity contribution in [2.24, 2.45) is 0 Å². The highest BCUT2D eigenvalue weighted by atomic mass is 19.4. The van der Waals surface area contributed by atoms with E-state index < -0.39 is 23.8 Å². The molecule has 0 spiro atoms. The maximum atomic E-state index is 13.0. The number of nitrogens with zero attached hydrogens (tertiary/aromatic N) is 1. The fourth-order valence-electron chi connectivity index (χ4n) is 4.06. The molecule has 7 nitrogen and oxygen atoms in total. The molecule has 0 radical (unpaired) electrons.